The largest absolute Gasteiger partial charge is 0.462 e. The highest BCUT2D eigenvalue weighted by atomic mass is 16.5. The zero-order valence-electron chi connectivity index (χ0n) is 32.2. The van der Waals surface area contributed by atoms with Crippen LogP contribution in [0.25, 0.3) is 0 Å². The Hall–Kier alpha value is -5.02. The van der Waals surface area contributed by atoms with E-state index in [2.05, 4.69) is 21.3 Å². The number of nitrogens with zero attached hydrogens (tertiary/aromatic N) is 3. The Morgan fingerprint density at radius 2 is 1.55 bits per heavy atom. The number of ether oxygens (including phenoxy) is 1. The maximum Gasteiger partial charge on any atom is 0.328 e. The molecule has 302 valence electrons. The molecular weight excluding hydrogens is 718 g/mol. The molecule has 8 unspecified atom stereocenters. The quantitative estimate of drug-likeness (QED) is 0.245. The fourth-order valence-corrected chi connectivity index (χ4v) is 8.38. The average molecular weight is 774 g/mol. The zero-order valence-corrected chi connectivity index (χ0v) is 32.2. The first-order valence-electron chi connectivity index (χ1n) is 19.9. The predicted molar refractivity (Wildman–Crippen MR) is 205 cm³/mol. The molecule has 0 bridgehead atoms. The highest BCUT2D eigenvalue weighted by Crippen LogP contribution is 2.29. The topological polar surface area (TPSA) is 190 Å². The molecule has 15 nitrogen and oxygen atoms in total. The lowest BCUT2D eigenvalue weighted by atomic mass is 9.99. The van der Waals surface area contributed by atoms with Crippen molar-refractivity contribution in [1.29, 1.82) is 0 Å². The number of esters is 1. The summed E-state index contributed by atoms with van der Waals surface area (Å²) < 4.78 is 5.81. The third-order valence-corrected chi connectivity index (χ3v) is 11.3. The molecule has 4 heterocycles. The molecule has 0 spiro atoms. The van der Waals surface area contributed by atoms with Gasteiger partial charge in [-0.2, -0.15) is 0 Å². The molecule has 2 aromatic carbocycles. The van der Waals surface area contributed by atoms with Gasteiger partial charge in [-0.05, 0) is 68.9 Å². The van der Waals surface area contributed by atoms with Crippen LogP contribution in [-0.4, -0.2) is 131 Å². The van der Waals surface area contributed by atoms with Crippen molar-refractivity contribution in [2.75, 3.05) is 32.8 Å². The number of carbonyl (C=O) groups excluding carboxylic acids is 6. The second kappa shape index (κ2) is 18.7. The summed E-state index contributed by atoms with van der Waals surface area (Å²) in [6.07, 6.45) is 2.42. The zero-order chi connectivity index (χ0) is 39.8. The molecule has 8 atom stereocenters. The summed E-state index contributed by atoms with van der Waals surface area (Å²) in [5, 5.41) is 23.3. The van der Waals surface area contributed by atoms with Crippen LogP contribution >= 0.6 is 0 Å². The maximum atomic E-state index is 14.3. The number of aliphatic hydroxyl groups is 1. The van der Waals surface area contributed by atoms with Crippen LogP contribution in [0.3, 0.4) is 0 Å². The summed E-state index contributed by atoms with van der Waals surface area (Å²) in [6.45, 7) is 4.31. The Bertz CT molecular complexity index is 1710. The van der Waals surface area contributed by atoms with E-state index in [0.29, 0.717) is 58.2 Å². The third-order valence-electron chi connectivity index (χ3n) is 11.3. The minimum Gasteiger partial charge on any atom is -0.462 e. The highest BCUT2D eigenvalue weighted by Gasteiger charge is 2.46. The van der Waals surface area contributed by atoms with Gasteiger partial charge in [0, 0.05) is 32.6 Å². The van der Waals surface area contributed by atoms with Gasteiger partial charge < -0.3 is 40.9 Å². The maximum absolute atomic E-state index is 14.3. The van der Waals surface area contributed by atoms with Crippen molar-refractivity contribution in [2.24, 2.45) is 5.92 Å². The summed E-state index contributed by atoms with van der Waals surface area (Å²) in [6, 6.07) is 12.5. The molecule has 6 amide bonds. The molecule has 4 aliphatic heterocycles. The van der Waals surface area contributed by atoms with Crippen LogP contribution in [0.15, 0.2) is 60.7 Å². The second-order valence-corrected chi connectivity index (χ2v) is 15.6. The Balaban J connectivity index is 1.26. The Kier molecular flexibility index (Phi) is 13.6. The van der Waals surface area contributed by atoms with E-state index >= 15 is 0 Å². The highest BCUT2D eigenvalue weighted by molar-refractivity contribution is 5.94. The van der Waals surface area contributed by atoms with Crippen molar-refractivity contribution < 1.29 is 38.6 Å². The van der Waals surface area contributed by atoms with Crippen LogP contribution in [-0.2, 0) is 41.6 Å². The first-order valence-corrected chi connectivity index (χ1v) is 19.9. The summed E-state index contributed by atoms with van der Waals surface area (Å²) in [4.78, 5) is 87.4. The van der Waals surface area contributed by atoms with E-state index in [1.807, 2.05) is 67.6 Å². The van der Waals surface area contributed by atoms with Crippen molar-refractivity contribution in [3.05, 3.63) is 71.8 Å². The van der Waals surface area contributed by atoms with E-state index in [1.54, 1.807) is 16.7 Å². The number of urea groups is 1. The van der Waals surface area contributed by atoms with Gasteiger partial charge in [0.15, 0.2) is 0 Å². The van der Waals surface area contributed by atoms with Gasteiger partial charge in [-0.15, -0.1) is 0 Å². The number of rotatable bonds is 8. The van der Waals surface area contributed by atoms with Gasteiger partial charge >= 0.3 is 12.0 Å². The fraction of sp³-hybridized carbons (Fsp3) is 0.561. The Morgan fingerprint density at radius 3 is 2.29 bits per heavy atom. The minimum absolute atomic E-state index is 0.0250. The molecule has 5 N–H and O–H groups in total. The monoisotopic (exact) mass is 773 g/mol. The van der Waals surface area contributed by atoms with Gasteiger partial charge in [-0.1, -0.05) is 67.6 Å². The molecular formula is C41H55N7O8. The van der Waals surface area contributed by atoms with E-state index < -0.39 is 78.8 Å². The lowest BCUT2D eigenvalue weighted by Gasteiger charge is -2.40. The van der Waals surface area contributed by atoms with E-state index in [1.165, 1.54) is 4.90 Å². The van der Waals surface area contributed by atoms with Crippen LogP contribution in [0.4, 0.5) is 4.79 Å². The standard InChI is InChI=1S/C41H55N7O8/c1-26-22-34-40(54)56-25-31(44-35(49)30(23-29-14-7-4-8-15-29)45-41(55)42-19-18-28-12-5-3-6-13-28)38(52)47-21-11-17-33(47)39(53)46-20-10-9-16-32(46)36(50)43-27(2)37(51)48(34)24-26/h3-8,12-15,26-27,30-34,38,52H,9-11,16-25H2,1-2H3,(H,43,50)(H,44,49)(H2,42,45,55). The number of aliphatic hydroxyl groups excluding tert-OH is 1. The van der Waals surface area contributed by atoms with Crippen molar-refractivity contribution in [3.63, 3.8) is 0 Å². The molecule has 6 rings (SSSR count). The van der Waals surface area contributed by atoms with E-state index in [9.17, 15) is 33.9 Å². The van der Waals surface area contributed by atoms with Crippen molar-refractivity contribution >= 4 is 35.6 Å². The van der Waals surface area contributed by atoms with Crippen LogP contribution in [0, 0.1) is 5.92 Å². The number of carbonyl (C=O) groups is 6. The molecule has 2 aromatic rings. The molecule has 4 aliphatic rings. The smallest absolute Gasteiger partial charge is 0.328 e. The second-order valence-electron chi connectivity index (χ2n) is 15.6. The number of piperidine rings is 1. The number of cyclic esters (lactones) is 1. The van der Waals surface area contributed by atoms with Crippen molar-refractivity contribution in [1.82, 2.24) is 36.0 Å². The number of nitrogens with one attached hydrogen (secondary N) is 4. The average Bonchev–Trinajstić information content (AvgIpc) is 3.86. The number of amides is 6. The molecule has 4 fully saturated rings. The van der Waals surface area contributed by atoms with Crippen LogP contribution in [0.5, 0.6) is 0 Å². The Labute approximate surface area is 327 Å². The van der Waals surface area contributed by atoms with Gasteiger partial charge in [0.25, 0.3) is 0 Å². The minimum atomic E-state index is -1.48. The van der Waals surface area contributed by atoms with Crippen LogP contribution in [0.2, 0.25) is 0 Å². The fourth-order valence-electron chi connectivity index (χ4n) is 8.38. The van der Waals surface area contributed by atoms with Crippen LogP contribution < -0.4 is 21.3 Å². The normalized spacial score (nSPS) is 28.3. The lowest BCUT2D eigenvalue weighted by molar-refractivity contribution is -0.159. The molecule has 4 saturated heterocycles. The summed E-state index contributed by atoms with van der Waals surface area (Å²) >= 11 is 0. The van der Waals surface area contributed by atoms with Crippen molar-refractivity contribution in [2.45, 2.75) is 108 Å². The molecule has 0 aliphatic carbocycles. The molecule has 0 radical (unpaired) electrons. The number of benzene rings is 2. The molecule has 56 heavy (non-hydrogen) atoms. The van der Waals surface area contributed by atoms with E-state index in [4.69, 9.17) is 4.74 Å². The third kappa shape index (κ3) is 9.85. The summed E-state index contributed by atoms with van der Waals surface area (Å²) in [5.41, 5.74) is 1.82. The molecule has 0 saturated carbocycles. The summed E-state index contributed by atoms with van der Waals surface area (Å²) in [5.74, 6) is -2.55. The van der Waals surface area contributed by atoms with Gasteiger partial charge in [0.05, 0.1) is 6.04 Å². The predicted octanol–water partition coefficient (Wildman–Crippen LogP) is 1.09. The first-order chi connectivity index (χ1) is 27.0. The first kappa shape index (κ1) is 40.6. The van der Waals surface area contributed by atoms with Gasteiger partial charge in [0.1, 0.15) is 43.0 Å². The summed E-state index contributed by atoms with van der Waals surface area (Å²) in [7, 11) is 0. The number of hydrogen-bond acceptors (Lipinski definition) is 9. The van der Waals surface area contributed by atoms with Gasteiger partial charge in [-0.25, -0.2) is 9.59 Å². The van der Waals surface area contributed by atoms with E-state index in [0.717, 1.165) is 17.5 Å². The lowest BCUT2D eigenvalue weighted by Crippen LogP contribution is -2.63. The Morgan fingerprint density at radius 1 is 0.857 bits per heavy atom. The molecule has 15 heteroatoms. The van der Waals surface area contributed by atoms with E-state index in [-0.39, 0.29) is 24.8 Å². The SMILES string of the molecule is CC1CC2C(=O)OCC(NC(=O)C(Cc3ccccc3)NC(=O)NCCc3ccccc3)C(O)N3CCCC3C(=O)N3CCCCC3C(=O)NC(C)C(=O)N2C1. The molecule has 0 aromatic heterocycles. The van der Waals surface area contributed by atoms with Crippen molar-refractivity contribution in [3.8, 4) is 0 Å². The number of fused-ring (bicyclic) bond motifs is 3. The van der Waals surface area contributed by atoms with Gasteiger partial charge in [0.2, 0.25) is 23.6 Å². The van der Waals surface area contributed by atoms with Gasteiger partial charge in [-0.3, -0.25) is 24.1 Å². The van der Waals surface area contributed by atoms with Crippen LogP contribution in [0.1, 0.15) is 63.5 Å². The number of hydrogen-bond donors (Lipinski definition) is 5.